The summed E-state index contributed by atoms with van der Waals surface area (Å²) in [6, 6.07) is 6.59. The second-order valence-corrected chi connectivity index (χ2v) is 5.25. The number of rotatable bonds is 7. The minimum absolute atomic E-state index is 0.140. The van der Waals surface area contributed by atoms with Crippen LogP contribution in [0.4, 0.5) is 5.69 Å². The average molecular weight is 280 g/mol. The maximum atomic E-state index is 11.7. The Morgan fingerprint density at radius 1 is 1.40 bits per heavy atom. The van der Waals surface area contributed by atoms with Gasteiger partial charge < -0.3 is 20.9 Å². The smallest absolute Gasteiger partial charge is 0.341 e. The van der Waals surface area contributed by atoms with Gasteiger partial charge in [0.15, 0.2) is 6.61 Å². The fourth-order valence-corrected chi connectivity index (χ4v) is 1.47. The molecule has 0 aromatic heterocycles. The molecule has 0 aliphatic carbocycles. The van der Waals surface area contributed by atoms with E-state index in [2.05, 4.69) is 5.32 Å². The third-order valence-electron chi connectivity index (χ3n) is 2.48. The van der Waals surface area contributed by atoms with Gasteiger partial charge in [0.1, 0.15) is 5.75 Å². The van der Waals surface area contributed by atoms with Crippen LogP contribution in [0.3, 0.4) is 0 Å². The first-order chi connectivity index (χ1) is 9.26. The molecule has 0 saturated heterocycles. The highest BCUT2D eigenvalue weighted by Crippen LogP contribution is 2.18. The molecular formula is C14H20N2O4. The topological polar surface area (TPSA) is 102 Å². The van der Waals surface area contributed by atoms with Crippen molar-refractivity contribution >= 4 is 17.6 Å². The van der Waals surface area contributed by atoms with E-state index in [0.717, 1.165) is 0 Å². The van der Waals surface area contributed by atoms with Crippen LogP contribution < -0.4 is 15.8 Å². The van der Waals surface area contributed by atoms with Gasteiger partial charge >= 0.3 is 5.97 Å². The number of aliphatic carboxylic acids is 1. The van der Waals surface area contributed by atoms with Crippen molar-refractivity contribution in [3.63, 3.8) is 0 Å². The monoisotopic (exact) mass is 280 g/mol. The first kappa shape index (κ1) is 16.0. The normalized spacial score (nSPS) is 10.9. The van der Waals surface area contributed by atoms with E-state index in [9.17, 15) is 9.59 Å². The standard InChI is InChI=1S/C14H20N2O4/c1-14(2,15)7-6-12(17)16-10-4-3-5-11(8-10)20-9-13(18)19/h3-5,8H,6-7,9,15H2,1-2H3,(H,16,17)(H,18,19). The Morgan fingerprint density at radius 2 is 2.10 bits per heavy atom. The minimum atomic E-state index is -1.05. The molecule has 0 aliphatic heterocycles. The van der Waals surface area contributed by atoms with Crippen molar-refractivity contribution in [2.24, 2.45) is 5.73 Å². The van der Waals surface area contributed by atoms with Gasteiger partial charge in [0.2, 0.25) is 5.91 Å². The molecule has 0 saturated carbocycles. The molecule has 0 spiro atoms. The van der Waals surface area contributed by atoms with Crippen LogP contribution >= 0.6 is 0 Å². The Balaban J connectivity index is 2.53. The summed E-state index contributed by atoms with van der Waals surface area (Å²) in [7, 11) is 0. The third-order valence-corrected chi connectivity index (χ3v) is 2.48. The fourth-order valence-electron chi connectivity index (χ4n) is 1.47. The van der Waals surface area contributed by atoms with E-state index in [-0.39, 0.29) is 11.4 Å². The Bertz CT molecular complexity index is 480. The van der Waals surface area contributed by atoms with Crippen molar-refractivity contribution < 1.29 is 19.4 Å². The number of nitrogens with one attached hydrogen (secondary N) is 1. The maximum absolute atomic E-state index is 11.7. The lowest BCUT2D eigenvalue weighted by atomic mass is 10.00. The van der Waals surface area contributed by atoms with E-state index in [1.807, 2.05) is 13.8 Å². The molecule has 0 fully saturated rings. The van der Waals surface area contributed by atoms with E-state index >= 15 is 0 Å². The van der Waals surface area contributed by atoms with Crippen molar-refractivity contribution in [1.29, 1.82) is 0 Å². The number of carboxylic acid groups (broad SMARTS) is 1. The van der Waals surface area contributed by atoms with Crippen molar-refractivity contribution in [2.45, 2.75) is 32.2 Å². The molecular weight excluding hydrogens is 260 g/mol. The van der Waals surface area contributed by atoms with Gasteiger partial charge in [-0.25, -0.2) is 4.79 Å². The Morgan fingerprint density at radius 3 is 2.70 bits per heavy atom. The molecule has 20 heavy (non-hydrogen) atoms. The van der Waals surface area contributed by atoms with Crippen molar-refractivity contribution in [2.75, 3.05) is 11.9 Å². The molecule has 0 atom stereocenters. The van der Waals surface area contributed by atoms with Crippen LogP contribution in [-0.4, -0.2) is 29.1 Å². The second kappa shape index (κ2) is 6.91. The van der Waals surface area contributed by atoms with Gasteiger partial charge in [0, 0.05) is 23.7 Å². The zero-order valence-corrected chi connectivity index (χ0v) is 11.7. The molecule has 0 radical (unpaired) electrons. The first-order valence-corrected chi connectivity index (χ1v) is 6.30. The number of hydrogen-bond acceptors (Lipinski definition) is 4. The van der Waals surface area contributed by atoms with Crippen LogP contribution in [0.25, 0.3) is 0 Å². The summed E-state index contributed by atoms with van der Waals surface area (Å²) in [4.78, 5) is 22.1. The number of nitrogens with two attached hydrogens (primary N) is 1. The van der Waals surface area contributed by atoms with E-state index in [1.165, 1.54) is 0 Å². The van der Waals surface area contributed by atoms with E-state index in [0.29, 0.717) is 24.3 Å². The highest BCUT2D eigenvalue weighted by molar-refractivity contribution is 5.90. The summed E-state index contributed by atoms with van der Waals surface area (Å²) >= 11 is 0. The summed E-state index contributed by atoms with van der Waals surface area (Å²) in [5.74, 6) is -0.798. The second-order valence-electron chi connectivity index (χ2n) is 5.25. The number of carbonyl (C=O) groups excluding carboxylic acids is 1. The van der Waals surface area contributed by atoms with Gasteiger partial charge in [-0.05, 0) is 32.4 Å². The minimum Gasteiger partial charge on any atom is -0.482 e. The summed E-state index contributed by atoms with van der Waals surface area (Å²) in [6.07, 6.45) is 0.901. The van der Waals surface area contributed by atoms with Gasteiger partial charge in [-0.3, -0.25) is 4.79 Å². The van der Waals surface area contributed by atoms with Gasteiger partial charge in [0.25, 0.3) is 0 Å². The molecule has 6 heteroatoms. The van der Waals surface area contributed by atoms with Gasteiger partial charge in [0.05, 0.1) is 0 Å². The van der Waals surface area contributed by atoms with Gasteiger partial charge in [-0.2, -0.15) is 0 Å². The van der Waals surface area contributed by atoms with Crippen LogP contribution in [0.5, 0.6) is 5.75 Å². The molecule has 6 nitrogen and oxygen atoms in total. The summed E-state index contributed by atoms with van der Waals surface area (Å²) in [5, 5.41) is 11.2. The Kier molecular flexibility index (Phi) is 5.52. The summed E-state index contributed by atoms with van der Waals surface area (Å²) in [6.45, 7) is 3.31. The lowest BCUT2D eigenvalue weighted by Crippen LogP contribution is -2.33. The van der Waals surface area contributed by atoms with Crippen LogP contribution in [0.2, 0.25) is 0 Å². The van der Waals surface area contributed by atoms with Crippen molar-refractivity contribution in [3.05, 3.63) is 24.3 Å². The number of ether oxygens (including phenoxy) is 1. The highest BCUT2D eigenvalue weighted by Gasteiger charge is 2.13. The van der Waals surface area contributed by atoms with Crippen molar-refractivity contribution in [3.8, 4) is 5.75 Å². The lowest BCUT2D eigenvalue weighted by Gasteiger charge is -2.17. The summed E-state index contributed by atoms with van der Waals surface area (Å²) in [5.41, 5.74) is 5.99. The quantitative estimate of drug-likeness (QED) is 0.704. The Hall–Kier alpha value is -2.08. The number of benzene rings is 1. The molecule has 1 amide bonds. The number of carbonyl (C=O) groups is 2. The predicted molar refractivity (Wildman–Crippen MR) is 75.7 cm³/mol. The van der Waals surface area contributed by atoms with Gasteiger partial charge in [-0.15, -0.1) is 0 Å². The average Bonchev–Trinajstić information content (AvgIpc) is 2.34. The van der Waals surface area contributed by atoms with Crippen LogP contribution in [0, 0.1) is 0 Å². The SMILES string of the molecule is CC(C)(N)CCC(=O)Nc1cccc(OCC(=O)O)c1. The third kappa shape index (κ3) is 6.75. The number of hydrogen-bond donors (Lipinski definition) is 3. The predicted octanol–water partition coefficient (Wildman–Crippen LogP) is 1.61. The lowest BCUT2D eigenvalue weighted by molar-refractivity contribution is -0.139. The molecule has 4 N–H and O–H groups in total. The maximum Gasteiger partial charge on any atom is 0.341 e. The molecule has 0 bridgehead atoms. The molecule has 1 aromatic carbocycles. The van der Waals surface area contributed by atoms with E-state index in [1.54, 1.807) is 24.3 Å². The van der Waals surface area contributed by atoms with E-state index < -0.39 is 12.6 Å². The molecule has 1 rings (SSSR count). The molecule has 0 aliphatic rings. The first-order valence-electron chi connectivity index (χ1n) is 6.30. The molecule has 1 aromatic rings. The summed E-state index contributed by atoms with van der Waals surface area (Å²) < 4.78 is 5.03. The van der Waals surface area contributed by atoms with E-state index in [4.69, 9.17) is 15.6 Å². The zero-order valence-electron chi connectivity index (χ0n) is 11.7. The number of amides is 1. The van der Waals surface area contributed by atoms with Crippen molar-refractivity contribution in [1.82, 2.24) is 0 Å². The number of carboxylic acids is 1. The van der Waals surface area contributed by atoms with Crippen LogP contribution in [-0.2, 0) is 9.59 Å². The Labute approximate surface area is 117 Å². The van der Waals surface area contributed by atoms with Crippen LogP contribution in [0.15, 0.2) is 24.3 Å². The fraction of sp³-hybridized carbons (Fsp3) is 0.429. The number of anilines is 1. The van der Waals surface area contributed by atoms with Crippen LogP contribution in [0.1, 0.15) is 26.7 Å². The zero-order chi connectivity index (χ0) is 15.2. The van der Waals surface area contributed by atoms with Gasteiger partial charge in [-0.1, -0.05) is 6.07 Å². The molecule has 0 unspecified atom stereocenters. The largest absolute Gasteiger partial charge is 0.482 e. The highest BCUT2D eigenvalue weighted by atomic mass is 16.5. The molecule has 110 valence electrons. The molecule has 0 heterocycles.